The number of hydrogen-bond donors (Lipinski definition) is 0. The molecule has 0 saturated carbocycles. The Morgan fingerprint density at radius 1 is 0.632 bits per heavy atom. The summed E-state index contributed by atoms with van der Waals surface area (Å²) >= 11 is 0. The highest BCUT2D eigenvalue weighted by molar-refractivity contribution is 4.70. The van der Waals surface area contributed by atoms with Gasteiger partial charge in [0, 0.05) is 0 Å². The SMILES string of the molecule is CC(C)(C)C.CC(C)(C)C(F)(F)F.CCC(C)(C)C. The Labute approximate surface area is 119 Å². The zero-order chi connectivity index (χ0) is 16.7. The van der Waals surface area contributed by atoms with E-state index in [0.717, 1.165) is 20.8 Å². The Morgan fingerprint density at radius 2 is 0.737 bits per heavy atom. The smallest absolute Gasteiger partial charge is 0.171 e. The van der Waals surface area contributed by atoms with Gasteiger partial charge in [-0.15, -0.1) is 0 Å². The van der Waals surface area contributed by atoms with Crippen LogP contribution in [0.5, 0.6) is 0 Å². The van der Waals surface area contributed by atoms with Crippen molar-refractivity contribution in [3.8, 4) is 0 Å². The summed E-state index contributed by atoms with van der Waals surface area (Å²) in [5.74, 6) is 0. The van der Waals surface area contributed by atoms with E-state index in [4.69, 9.17) is 0 Å². The molecule has 0 bridgehead atoms. The standard InChI is InChI=1S/C6H14.C5H9F3.C5H12/c1-5-6(2,3)4;1-4(2,3)5(6,7)8;1-5(2,3)4/h5H2,1-4H3;1-3H3;1-4H3. The van der Waals surface area contributed by atoms with Crippen LogP contribution in [-0.4, -0.2) is 6.18 Å². The van der Waals surface area contributed by atoms with Gasteiger partial charge in [0.2, 0.25) is 0 Å². The van der Waals surface area contributed by atoms with Crippen LogP contribution in [-0.2, 0) is 0 Å². The molecule has 0 aromatic rings. The van der Waals surface area contributed by atoms with Crippen molar-refractivity contribution in [2.75, 3.05) is 0 Å². The van der Waals surface area contributed by atoms with E-state index in [-0.39, 0.29) is 0 Å². The Morgan fingerprint density at radius 3 is 0.737 bits per heavy atom. The highest BCUT2D eigenvalue weighted by Crippen LogP contribution is 2.36. The third kappa shape index (κ3) is 31.9. The van der Waals surface area contributed by atoms with E-state index in [0.29, 0.717) is 10.8 Å². The maximum atomic E-state index is 11.6. The fourth-order valence-electron chi connectivity index (χ4n) is 0. The zero-order valence-electron chi connectivity index (χ0n) is 14.8. The Hall–Kier alpha value is -0.210. The predicted octanol–water partition coefficient (Wildman–Crippen LogP) is 7.09. The van der Waals surface area contributed by atoms with Crippen LogP contribution in [0.2, 0.25) is 0 Å². The van der Waals surface area contributed by atoms with E-state index in [2.05, 4.69) is 55.4 Å². The molecule has 0 atom stereocenters. The van der Waals surface area contributed by atoms with E-state index in [9.17, 15) is 13.2 Å². The molecule has 0 aliphatic carbocycles. The topological polar surface area (TPSA) is 0 Å². The molecule has 3 heteroatoms. The van der Waals surface area contributed by atoms with Crippen molar-refractivity contribution in [2.24, 2.45) is 16.2 Å². The van der Waals surface area contributed by atoms with Crippen LogP contribution in [0.4, 0.5) is 13.2 Å². The summed E-state index contributed by atoms with van der Waals surface area (Å²) in [6, 6.07) is 0. The first-order chi connectivity index (χ1) is 7.81. The number of alkyl halides is 3. The minimum atomic E-state index is -4.06. The molecule has 0 N–H and O–H groups in total. The summed E-state index contributed by atoms with van der Waals surface area (Å²) in [6.07, 6.45) is -2.79. The van der Waals surface area contributed by atoms with Crippen molar-refractivity contribution in [3.05, 3.63) is 0 Å². The summed E-state index contributed by atoms with van der Waals surface area (Å²) < 4.78 is 34.7. The Bertz CT molecular complexity index is 188. The molecular formula is C16H35F3. The Kier molecular flexibility index (Phi) is 10.2. The number of rotatable bonds is 0. The lowest BCUT2D eigenvalue weighted by Gasteiger charge is -2.21. The summed E-state index contributed by atoms with van der Waals surface area (Å²) in [5, 5.41) is 0. The van der Waals surface area contributed by atoms with Crippen LogP contribution >= 0.6 is 0 Å². The largest absolute Gasteiger partial charge is 0.393 e. The van der Waals surface area contributed by atoms with Gasteiger partial charge in [0.05, 0.1) is 5.41 Å². The van der Waals surface area contributed by atoms with Gasteiger partial charge < -0.3 is 0 Å². The lowest BCUT2D eigenvalue weighted by molar-refractivity contribution is -0.204. The van der Waals surface area contributed by atoms with Gasteiger partial charge >= 0.3 is 6.18 Å². The highest BCUT2D eigenvalue weighted by atomic mass is 19.4. The van der Waals surface area contributed by atoms with Crippen molar-refractivity contribution in [1.82, 2.24) is 0 Å². The van der Waals surface area contributed by atoms with Gasteiger partial charge in [-0.2, -0.15) is 13.2 Å². The summed E-state index contributed by atoms with van der Waals surface area (Å²) in [4.78, 5) is 0. The normalized spacial score (nSPS) is 12.9. The summed E-state index contributed by atoms with van der Waals surface area (Å²) in [7, 11) is 0. The van der Waals surface area contributed by atoms with Gasteiger partial charge in [-0.3, -0.25) is 0 Å². The molecule has 0 aliphatic heterocycles. The monoisotopic (exact) mass is 284 g/mol. The molecule has 0 radical (unpaired) electrons. The molecule has 0 spiro atoms. The molecule has 19 heavy (non-hydrogen) atoms. The van der Waals surface area contributed by atoms with Gasteiger partial charge in [0.15, 0.2) is 0 Å². The van der Waals surface area contributed by atoms with Crippen LogP contribution in [0.3, 0.4) is 0 Å². The van der Waals surface area contributed by atoms with E-state index in [1.54, 1.807) is 0 Å². The molecule has 0 aromatic carbocycles. The minimum Gasteiger partial charge on any atom is -0.171 e. The average Bonchev–Trinajstić information content (AvgIpc) is 1.96. The molecule has 0 fully saturated rings. The molecule has 0 unspecified atom stereocenters. The van der Waals surface area contributed by atoms with Crippen molar-refractivity contribution in [3.63, 3.8) is 0 Å². The molecule has 0 heterocycles. The zero-order valence-corrected chi connectivity index (χ0v) is 14.8. The van der Waals surface area contributed by atoms with Crippen molar-refractivity contribution in [1.29, 1.82) is 0 Å². The van der Waals surface area contributed by atoms with E-state index < -0.39 is 11.6 Å². The molecule has 120 valence electrons. The second kappa shape index (κ2) is 8.16. The fourth-order valence-corrected chi connectivity index (χ4v) is 0. The maximum absolute atomic E-state index is 11.6. The molecule has 0 aromatic heterocycles. The average molecular weight is 284 g/mol. The van der Waals surface area contributed by atoms with Crippen LogP contribution in [0, 0.1) is 16.2 Å². The minimum absolute atomic E-state index is 0.500. The molecule has 0 rings (SSSR count). The summed E-state index contributed by atoms with van der Waals surface area (Å²) in [6.45, 7) is 21.1. The van der Waals surface area contributed by atoms with Gasteiger partial charge in [-0.05, 0) is 10.8 Å². The van der Waals surface area contributed by atoms with E-state index in [1.165, 1.54) is 6.42 Å². The third-order valence-corrected chi connectivity index (χ3v) is 1.91. The van der Waals surface area contributed by atoms with Crippen molar-refractivity contribution < 1.29 is 13.2 Å². The molecular weight excluding hydrogens is 249 g/mol. The maximum Gasteiger partial charge on any atom is 0.393 e. The number of halogens is 3. The first-order valence-electron chi connectivity index (χ1n) is 6.88. The molecule has 0 saturated heterocycles. The van der Waals surface area contributed by atoms with Gasteiger partial charge in [-0.1, -0.05) is 82.6 Å². The van der Waals surface area contributed by atoms with Gasteiger partial charge in [-0.25, -0.2) is 0 Å². The van der Waals surface area contributed by atoms with Crippen LogP contribution < -0.4 is 0 Å². The lowest BCUT2D eigenvalue weighted by Crippen LogP contribution is -2.28. The van der Waals surface area contributed by atoms with Crippen molar-refractivity contribution >= 4 is 0 Å². The van der Waals surface area contributed by atoms with E-state index >= 15 is 0 Å². The second-order valence-corrected chi connectivity index (χ2v) is 8.66. The first-order valence-corrected chi connectivity index (χ1v) is 6.88. The molecule has 0 aliphatic rings. The fraction of sp³-hybridized carbons (Fsp3) is 1.00. The van der Waals surface area contributed by atoms with Crippen molar-refractivity contribution in [2.45, 2.75) is 88.8 Å². The highest BCUT2D eigenvalue weighted by Gasteiger charge is 2.42. The predicted molar refractivity (Wildman–Crippen MR) is 80.4 cm³/mol. The first kappa shape index (κ1) is 23.9. The van der Waals surface area contributed by atoms with Crippen LogP contribution in [0.1, 0.15) is 82.6 Å². The molecule has 0 amide bonds. The van der Waals surface area contributed by atoms with E-state index in [1.807, 2.05) is 0 Å². The lowest BCUT2D eigenvalue weighted by atomic mass is 9.94. The number of hydrogen-bond acceptors (Lipinski definition) is 0. The quantitative estimate of drug-likeness (QED) is 0.445. The van der Waals surface area contributed by atoms with Crippen LogP contribution in [0.15, 0.2) is 0 Å². The van der Waals surface area contributed by atoms with Gasteiger partial charge in [0.25, 0.3) is 0 Å². The van der Waals surface area contributed by atoms with Crippen LogP contribution in [0.25, 0.3) is 0 Å². The Balaban J connectivity index is -0.000000209. The van der Waals surface area contributed by atoms with Gasteiger partial charge in [0.1, 0.15) is 0 Å². The summed E-state index contributed by atoms with van der Waals surface area (Å²) in [5.41, 5.74) is -0.521. The third-order valence-electron chi connectivity index (χ3n) is 1.91. The second-order valence-electron chi connectivity index (χ2n) is 8.66. The molecule has 0 nitrogen and oxygen atoms in total.